The number of aliphatic carboxylic acids is 2. The standard InChI is InChI=1S/C89H140N28O18/c1-46(2)21-61(105-75(120)59(91)17-15-16-20-90)77(122)112-68(28-53-34-92-40-98-53)84(129)104-60(18-19-74(118)119)76(121)106-62(22-47(3)4)78(123)107-65(25-50(9)10)81(126)113-69(29-54-35-93-41-99-54)85(130)110-63(23-48(5)6)79(124)108-66(26-51(11)12)82(127)114-71(31-56-37-95-43-101-56)87(132)116-70(30-55-36-94-42-100-55)86(131)111-64(24-49(7)8)80(125)109-67(27-52(13)14)83(128)115-72(32-57-38-96-44-102-57)88(133)117-73(89(134)135)33-58-39-97-45-103-58/h34-52,59-73H,15-33,90-91H2,1-14H3,(H,92,98)(H,93,99)(H,94,100)(H,95,101)(H,96,102)(H,97,103)(H,104,129)(H,105,120)(H,106,121)(H,107,123)(H,108,124)(H,109,125)(H,110,130)(H,111,131)(H,112,122)(H,113,126)(H,114,127)(H,115,128)(H,116,132)(H,117,133)(H,118,119)(H,134,135)/t59-,60-,61-,62-,63-,64-,65-,66-,67-,68-,69-,70-,71-,72-,73-/m0/s1. The summed E-state index contributed by atoms with van der Waals surface area (Å²) >= 11 is 0. The Morgan fingerprint density at radius 1 is 0.259 bits per heavy atom. The van der Waals surface area contributed by atoms with Gasteiger partial charge in [0.1, 0.15) is 84.6 Å². The van der Waals surface area contributed by atoms with E-state index in [-0.39, 0.29) is 142 Å². The SMILES string of the molecule is CC(C)C[C@H](NC(=O)[C@H](CC(C)C)NC(=O)[C@H](Cc1c[nH]cn1)NC(=O)[C@H](Cc1c[nH]cn1)NC(=O)[C@H](CC(C)C)NC(=O)[C@H](CC(C)C)NC(=O)[C@H](Cc1c[nH]cn1)NC(=O)[C@H](CC(C)C)NC(=O)[C@H](CC(C)C)NC(=O)[C@H](CCC(=O)O)NC(=O)[C@H](Cc1c[nH]cn1)NC(=O)[C@H](CC(C)C)NC(=O)[C@@H](N)CCCCN)C(=O)N[C@@H](Cc1c[nH]cn1)C(=O)N[C@@H](Cc1c[nH]cn1)C(=O)O. The number of aromatic nitrogens is 12. The Morgan fingerprint density at radius 2 is 0.437 bits per heavy atom. The van der Waals surface area contributed by atoms with Gasteiger partial charge in [0.2, 0.25) is 82.7 Å². The fraction of sp³-hybridized carbons (Fsp3) is 0.618. The van der Waals surface area contributed by atoms with Crippen LogP contribution < -0.4 is 85.9 Å². The third kappa shape index (κ3) is 39.8. The number of nitrogens with zero attached hydrogens (tertiary/aromatic N) is 6. The summed E-state index contributed by atoms with van der Waals surface area (Å²) < 4.78 is 0. The van der Waals surface area contributed by atoms with Crippen molar-refractivity contribution in [1.82, 2.24) is 134 Å². The fourth-order valence-corrected chi connectivity index (χ4v) is 14.8. The first-order chi connectivity index (χ1) is 63.9. The van der Waals surface area contributed by atoms with Crippen LogP contribution in [0, 0.1) is 41.4 Å². The fourth-order valence-electron chi connectivity index (χ4n) is 14.8. The Balaban J connectivity index is 1.22. The summed E-state index contributed by atoms with van der Waals surface area (Å²) in [5, 5.41) is 57.9. The quantitative estimate of drug-likeness (QED) is 0.0210. The van der Waals surface area contributed by atoms with Crippen molar-refractivity contribution in [3.8, 4) is 0 Å². The second-order valence-corrected chi connectivity index (χ2v) is 37.0. The van der Waals surface area contributed by atoms with Crippen molar-refractivity contribution >= 4 is 94.6 Å². The molecule has 0 bridgehead atoms. The van der Waals surface area contributed by atoms with Crippen LogP contribution in [0.1, 0.15) is 208 Å². The molecule has 15 atom stereocenters. The predicted octanol–water partition coefficient (Wildman–Crippen LogP) is -0.703. The zero-order valence-corrected chi connectivity index (χ0v) is 79.3. The van der Waals surface area contributed by atoms with Gasteiger partial charge >= 0.3 is 11.9 Å². The number of nitrogens with two attached hydrogens (primary N) is 2. The van der Waals surface area contributed by atoms with Gasteiger partial charge in [0, 0.05) is 82.1 Å². The molecule has 46 nitrogen and oxygen atoms in total. The predicted molar refractivity (Wildman–Crippen MR) is 492 cm³/mol. The summed E-state index contributed by atoms with van der Waals surface area (Å²) in [5.41, 5.74) is 13.6. The highest BCUT2D eigenvalue weighted by atomic mass is 16.4. The summed E-state index contributed by atoms with van der Waals surface area (Å²) in [6.45, 7) is 25.3. The highest BCUT2D eigenvalue weighted by Gasteiger charge is 2.41. The number of rotatable bonds is 62. The van der Waals surface area contributed by atoms with Gasteiger partial charge in [-0.15, -0.1) is 0 Å². The maximum atomic E-state index is 15.1. The summed E-state index contributed by atoms with van der Waals surface area (Å²) in [7, 11) is 0. The van der Waals surface area contributed by atoms with E-state index in [1.165, 1.54) is 75.1 Å². The minimum atomic E-state index is -1.66. The molecule has 6 aromatic heterocycles. The summed E-state index contributed by atoms with van der Waals surface area (Å²) in [6.07, 6.45) is 15.6. The number of unbranched alkanes of at least 4 members (excludes halogenated alkanes) is 1. The van der Waals surface area contributed by atoms with Crippen LogP contribution in [0.4, 0.5) is 0 Å². The van der Waals surface area contributed by atoms with Crippen molar-refractivity contribution in [3.63, 3.8) is 0 Å². The van der Waals surface area contributed by atoms with Crippen LogP contribution in [-0.4, -0.2) is 262 Å². The molecule has 0 spiro atoms. The number of carboxylic acid groups (broad SMARTS) is 2. The molecule has 0 saturated carbocycles. The van der Waals surface area contributed by atoms with Gasteiger partial charge in [-0.25, -0.2) is 34.7 Å². The number of imidazole rings is 6. The minimum Gasteiger partial charge on any atom is -0.481 e. The van der Waals surface area contributed by atoms with E-state index in [0.29, 0.717) is 42.9 Å². The third-order valence-electron chi connectivity index (χ3n) is 21.6. The number of H-pyrrole nitrogens is 6. The second-order valence-electron chi connectivity index (χ2n) is 37.0. The zero-order valence-electron chi connectivity index (χ0n) is 79.3. The number of amides is 14. The minimum absolute atomic E-state index is 0.0100. The lowest BCUT2D eigenvalue weighted by molar-refractivity contribution is -0.142. The molecule has 0 saturated heterocycles. The van der Waals surface area contributed by atoms with Gasteiger partial charge < -0.3 is 126 Å². The molecule has 744 valence electrons. The number of carboxylic acids is 2. The number of aromatic amines is 6. The summed E-state index contributed by atoms with van der Waals surface area (Å²) in [5.74, 6) is -16.8. The average molecular weight is 1890 g/mol. The topological polar surface area (TPSA) is 706 Å². The molecular formula is C89H140N28O18. The van der Waals surface area contributed by atoms with Crippen LogP contribution in [0.25, 0.3) is 0 Å². The van der Waals surface area contributed by atoms with E-state index in [1.54, 1.807) is 83.1 Å². The van der Waals surface area contributed by atoms with E-state index in [1.807, 2.05) is 13.8 Å². The maximum Gasteiger partial charge on any atom is 0.326 e. The average Bonchev–Trinajstić information content (AvgIpc) is 1.46. The molecule has 6 aromatic rings. The molecule has 6 heterocycles. The molecule has 26 N–H and O–H groups in total. The van der Waals surface area contributed by atoms with Crippen LogP contribution in [0.15, 0.2) is 75.1 Å². The highest BCUT2D eigenvalue weighted by Crippen LogP contribution is 2.19. The van der Waals surface area contributed by atoms with Gasteiger partial charge in [-0.1, -0.05) is 103 Å². The van der Waals surface area contributed by atoms with Crippen molar-refractivity contribution in [2.24, 2.45) is 52.9 Å². The number of nitrogens with one attached hydrogen (secondary N) is 20. The van der Waals surface area contributed by atoms with Crippen molar-refractivity contribution in [2.45, 2.75) is 303 Å². The first kappa shape index (κ1) is 110. The number of carbonyl (C=O) groups excluding carboxylic acids is 14. The van der Waals surface area contributed by atoms with E-state index in [0.717, 1.165) is 0 Å². The molecule has 0 fully saturated rings. The van der Waals surface area contributed by atoms with Gasteiger partial charge in [-0.2, -0.15) is 0 Å². The number of hydrogen-bond donors (Lipinski definition) is 24. The molecule has 0 radical (unpaired) electrons. The smallest absolute Gasteiger partial charge is 0.326 e. The zero-order chi connectivity index (χ0) is 99.7. The van der Waals surface area contributed by atoms with E-state index in [4.69, 9.17) is 11.5 Å². The molecule has 0 aliphatic carbocycles. The lowest BCUT2D eigenvalue weighted by Gasteiger charge is -2.30. The molecule has 14 amide bonds. The third-order valence-corrected chi connectivity index (χ3v) is 21.6. The molecule has 0 aliphatic rings. The first-order valence-corrected chi connectivity index (χ1v) is 46.0. The normalized spacial score (nSPS) is 14.9. The monoisotopic (exact) mass is 1890 g/mol. The van der Waals surface area contributed by atoms with Gasteiger partial charge in [0.25, 0.3) is 0 Å². The molecule has 135 heavy (non-hydrogen) atoms. The Bertz CT molecular complexity index is 4710. The van der Waals surface area contributed by atoms with E-state index >= 15 is 19.2 Å². The largest absolute Gasteiger partial charge is 0.481 e. The Hall–Kier alpha value is -13.3. The van der Waals surface area contributed by atoms with Crippen LogP contribution in [-0.2, 0) is 115 Å². The maximum absolute atomic E-state index is 15.1. The van der Waals surface area contributed by atoms with Gasteiger partial charge in [-0.3, -0.25) is 71.9 Å². The lowest BCUT2D eigenvalue weighted by atomic mass is 9.98. The molecular weight excluding hydrogens is 1750 g/mol. The Labute approximate surface area is 784 Å². The van der Waals surface area contributed by atoms with Crippen molar-refractivity contribution in [3.05, 3.63) is 109 Å². The molecule has 0 unspecified atom stereocenters. The van der Waals surface area contributed by atoms with Crippen molar-refractivity contribution < 1.29 is 86.9 Å². The highest BCUT2D eigenvalue weighted by molar-refractivity contribution is 6.01. The van der Waals surface area contributed by atoms with Crippen molar-refractivity contribution in [1.29, 1.82) is 0 Å². The lowest BCUT2D eigenvalue weighted by Crippen LogP contribution is -2.62. The Morgan fingerprint density at radius 3 is 0.622 bits per heavy atom. The molecule has 0 aliphatic heterocycles. The van der Waals surface area contributed by atoms with Gasteiger partial charge in [0.05, 0.1) is 78.2 Å². The van der Waals surface area contributed by atoms with Gasteiger partial charge in [0.15, 0.2) is 0 Å². The molecule has 6 rings (SSSR count). The van der Waals surface area contributed by atoms with Crippen LogP contribution in [0.2, 0.25) is 0 Å². The van der Waals surface area contributed by atoms with Crippen molar-refractivity contribution in [2.75, 3.05) is 6.54 Å². The van der Waals surface area contributed by atoms with Crippen LogP contribution in [0.3, 0.4) is 0 Å². The summed E-state index contributed by atoms with van der Waals surface area (Å²) in [6, 6.07) is -21.3. The number of hydrogen-bond acceptors (Lipinski definition) is 24. The van der Waals surface area contributed by atoms with Crippen LogP contribution in [0.5, 0.6) is 0 Å². The summed E-state index contributed by atoms with van der Waals surface area (Å²) in [4.78, 5) is 272. The molecule has 0 aromatic carbocycles. The van der Waals surface area contributed by atoms with E-state index in [2.05, 4.69) is 134 Å². The van der Waals surface area contributed by atoms with E-state index in [9.17, 15) is 67.7 Å². The first-order valence-electron chi connectivity index (χ1n) is 46.0. The van der Waals surface area contributed by atoms with Gasteiger partial charge in [-0.05, 0) is 112 Å². The molecule has 46 heteroatoms. The number of carbonyl (C=O) groups is 16. The van der Waals surface area contributed by atoms with E-state index < -0.39 is 198 Å². The van der Waals surface area contributed by atoms with Crippen LogP contribution >= 0.6 is 0 Å². The second kappa shape index (κ2) is 56.0. The Kier molecular flexibility index (Phi) is 45.8.